The Kier molecular flexibility index (Phi) is 3.28. The summed E-state index contributed by atoms with van der Waals surface area (Å²) in [6.45, 7) is 4.58. The van der Waals surface area contributed by atoms with Gasteiger partial charge >= 0.3 is 0 Å². The van der Waals surface area contributed by atoms with E-state index < -0.39 is 0 Å². The van der Waals surface area contributed by atoms with E-state index in [2.05, 4.69) is 23.4 Å². The molecule has 1 N–H and O–H groups in total. The molecule has 0 saturated heterocycles. The Morgan fingerprint density at radius 2 is 2.19 bits per heavy atom. The van der Waals surface area contributed by atoms with Crippen molar-refractivity contribution in [3.8, 4) is 0 Å². The van der Waals surface area contributed by atoms with Gasteiger partial charge in [-0.2, -0.15) is 0 Å². The van der Waals surface area contributed by atoms with E-state index >= 15 is 0 Å². The molecular weight excluding hydrogens is 220 g/mol. The Morgan fingerprint density at radius 1 is 1.44 bits per heavy atom. The van der Waals surface area contributed by atoms with Crippen LogP contribution in [0, 0.1) is 16.6 Å². The largest absolute Gasteiger partial charge is 0.322 e. The zero-order valence-electron chi connectivity index (χ0n) is 9.77. The summed E-state index contributed by atoms with van der Waals surface area (Å²) in [6.07, 6.45) is 5.54. The van der Waals surface area contributed by atoms with Crippen molar-refractivity contribution < 1.29 is 0 Å². The van der Waals surface area contributed by atoms with Crippen molar-refractivity contribution in [1.29, 1.82) is 0 Å². The maximum atomic E-state index is 11.1. The second kappa shape index (κ2) is 4.53. The van der Waals surface area contributed by atoms with E-state index in [1.54, 1.807) is 6.07 Å². The highest BCUT2D eigenvalue weighted by Gasteiger charge is 2.28. The van der Waals surface area contributed by atoms with E-state index in [9.17, 15) is 4.79 Å². The topological polar surface area (TPSA) is 37.8 Å². The molecule has 1 aromatic rings. The molecule has 0 bridgehead atoms. The van der Waals surface area contributed by atoms with Gasteiger partial charge in [0.15, 0.2) is 4.77 Å². The van der Waals surface area contributed by atoms with Crippen molar-refractivity contribution in [3.63, 3.8) is 0 Å². The van der Waals surface area contributed by atoms with Crippen molar-refractivity contribution in [2.45, 2.75) is 39.2 Å². The highest BCUT2D eigenvalue weighted by molar-refractivity contribution is 7.71. The number of hydrogen-bond acceptors (Lipinski definition) is 2. The molecule has 0 aromatic carbocycles. The average Bonchev–Trinajstić information content (AvgIpc) is 2.23. The smallest absolute Gasteiger partial charge is 0.251 e. The minimum atomic E-state index is -0.113. The van der Waals surface area contributed by atoms with Crippen LogP contribution in [-0.2, 0) is 0 Å². The molecule has 2 rings (SSSR count). The number of aromatic nitrogens is 2. The van der Waals surface area contributed by atoms with E-state index in [0.29, 0.717) is 16.7 Å². The van der Waals surface area contributed by atoms with E-state index in [1.165, 1.54) is 12.8 Å². The molecule has 1 aliphatic rings. The molecule has 1 heterocycles. The summed E-state index contributed by atoms with van der Waals surface area (Å²) >= 11 is 5.22. The first-order valence-electron chi connectivity index (χ1n) is 5.91. The Labute approximate surface area is 101 Å². The van der Waals surface area contributed by atoms with E-state index in [-0.39, 0.29) is 5.56 Å². The fraction of sp³-hybridized carbons (Fsp3) is 0.667. The Balaban J connectivity index is 2.36. The quantitative estimate of drug-likeness (QED) is 0.764. The van der Waals surface area contributed by atoms with Crippen molar-refractivity contribution in [2.24, 2.45) is 11.8 Å². The molecular formula is C12H18N2OS. The summed E-state index contributed by atoms with van der Waals surface area (Å²) in [5.74, 6) is 1.35. The van der Waals surface area contributed by atoms with E-state index in [4.69, 9.17) is 12.2 Å². The van der Waals surface area contributed by atoms with E-state index in [1.807, 2.05) is 6.20 Å². The van der Waals surface area contributed by atoms with Gasteiger partial charge in [0.2, 0.25) is 0 Å². The number of nitrogens with zero attached hydrogens (tertiary/aromatic N) is 1. The molecule has 1 aliphatic carbocycles. The lowest BCUT2D eigenvalue weighted by Crippen LogP contribution is -2.28. The van der Waals surface area contributed by atoms with Crippen LogP contribution in [0.2, 0.25) is 0 Å². The van der Waals surface area contributed by atoms with E-state index in [0.717, 1.165) is 12.3 Å². The third-order valence-electron chi connectivity index (χ3n) is 3.87. The lowest BCUT2D eigenvalue weighted by atomic mass is 9.78. The summed E-state index contributed by atoms with van der Waals surface area (Å²) in [7, 11) is 0. The Morgan fingerprint density at radius 3 is 2.88 bits per heavy atom. The van der Waals surface area contributed by atoms with Gasteiger partial charge in [0, 0.05) is 18.3 Å². The van der Waals surface area contributed by atoms with Gasteiger partial charge in [-0.15, -0.1) is 0 Å². The molecule has 1 saturated carbocycles. The van der Waals surface area contributed by atoms with Crippen molar-refractivity contribution in [2.75, 3.05) is 0 Å². The molecule has 0 radical (unpaired) electrons. The predicted octanol–water partition coefficient (Wildman–Crippen LogP) is 2.90. The first-order valence-corrected chi connectivity index (χ1v) is 6.32. The summed E-state index contributed by atoms with van der Waals surface area (Å²) in [5, 5.41) is 0. The van der Waals surface area contributed by atoms with Gasteiger partial charge in [0.1, 0.15) is 0 Å². The second-order valence-corrected chi connectivity index (χ2v) is 5.24. The van der Waals surface area contributed by atoms with Crippen molar-refractivity contribution in [1.82, 2.24) is 9.55 Å². The minimum absolute atomic E-state index is 0.113. The van der Waals surface area contributed by atoms with Crippen LogP contribution in [-0.4, -0.2) is 9.55 Å². The second-order valence-electron chi connectivity index (χ2n) is 4.85. The van der Waals surface area contributed by atoms with Gasteiger partial charge < -0.3 is 4.57 Å². The molecule has 3 nitrogen and oxygen atoms in total. The summed E-state index contributed by atoms with van der Waals surface area (Å²) < 4.78 is 2.61. The number of aromatic amines is 1. The molecule has 16 heavy (non-hydrogen) atoms. The predicted molar refractivity (Wildman–Crippen MR) is 67.1 cm³/mol. The summed E-state index contributed by atoms with van der Waals surface area (Å²) in [4.78, 5) is 13.8. The van der Waals surface area contributed by atoms with Crippen LogP contribution in [0.3, 0.4) is 0 Å². The van der Waals surface area contributed by atoms with Gasteiger partial charge in [-0.3, -0.25) is 9.78 Å². The van der Waals surface area contributed by atoms with Crippen molar-refractivity contribution in [3.05, 3.63) is 27.4 Å². The lowest BCUT2D eigenvalue weighted by molar-refractivity contribution is 0.183. The zero-order valence-corrected chi connectivity index (χ0v) is 10.6. The molecule has 1 aromatic heterocycles. The molecule has 0 amide bonds. The summed E-state index contributed by atoms with van der Waals surface area (Å²) in [5.41, 5.74) is -0.113. The van der Waals surface area contributed by atoms with Gasteiger partial charge in [-0.25, -0.2) is 0 Å². The third-order valence-corrected chi connectivity index (χ3v) is 4.19. The molecule has 3 atom stereocenters. The highest BCUT2D eigenvalue weighted by Crippen LogP contribution is 2.37. The Hall–Kier alpha value is -0.900. The molecule has 4 heteroatoms. The van der Waals surface area contributed by atoms with Gasteiger partial charge in [0.05, 0.1) is 0 Å². The number of H-pyrrole nitrogens is 1. The van der Waals surface area contributed by atoms with Gasteiger partial charge in [-0.05, 0) is 30.5 Å². The monoisotopic (exact) mass is 238 g/mol. The first-order chi connectivity index (χ1) is 7.59. The van der Waals surface area contributed by atoms with Gasteiger partial charge in [0.25, 0.3) is 5.56 Å². The van der Waals surface area contributed by atoms with Crippen LogP contribution in [0.15, 0.2) is 17.1 Å². The lowest BCUT2D eigenvalue weighted by Gasteiger charge is -2.35. The first kappa shape index (κ1) is 11.6. The zero-order chi connectivity index (χ0) is 11.7. The number of hydrogen-bond donors (Lipinski definition) is 1. The average molecular weight is 238 g/mol. The molecule has 0 spiro atoms. The molecule has 0 aliphatic heterocycles. The Bertz CT molecular complexity index is 476. The number of nitrogens with one attached hydrogen (secondary N) is 1. The van der Waals surface area contributed by atoms with Crippen LogP contribution in [0.5, 0.6) is 0 Å². The van der Waals surface area contributed by atoms with Crippen LogP contribution in [0.25, 0.3) is 0 Å². The SMILES string of the molecule is CC1CCCC(n2ccc(=O)[nH]c2=S)C1C. The van der Waals surface area contributed by atoms with Gasteiger partial charge in [-0.1, -0.05) is 26.7 Å². The fourth-order valence-corrected chi connectivity index (χ4v) is 2.93. The van der Waals surface area contributed by atoms with Crippen LogP contribution in [0.4, 0.5) is 0 Å². The standard InChI is InChI=1S/C12H18N2OS/c1-8-4-3-5-10(9(8)2)14-7-6-11(15)13-12(14)16/h6-10H,3-5H2,1-2H3,(H,13,15,16). The fourth-order valence-electron chi connectivity index (χ4n) is 2.63. The van der Waals surface area contributed by atoms with Crippen LogP contribution in [0.1, 0.15) is 39.2 Å². The summed E-state index contributed by atoms with van der Waals surface area (Å²) in [6, 6.07) is 2.00. The molecule has 88 valence electrons. The minimum Gasteiger partial charge on any atom is -0.322 e. The maximum absolute atomic E-state index is 11.1. The normalized spacial score (nSPS) is 30.2. The highest BCUT2D eigenvalue weighted by atomic mass is 32.1. The third kappa shape index (κ3) is 2.12. The molecule has 1 fully saturated rings. The maximum Gasteiger partial charge on any atom is 0.251 e. The molecule has 3 unspecified atom stereocenters. The van der Waals surface area contributed by atoms with Crippen LogP contribution < -0.4 is 5.56 Å². The number of rotatable bonds is 1. The van der Waals surface area contributed by atoms with Crippen LogP contribution >= 0.6 is 12.2 Å². The van der Waals surface area contributed by atoms with Crippen molar-refractivity contribution >= 4 is 12.2 Å².